The molecule has 0 bridgehead atoms. The minimum Gasteiger partial charge on any atom is -0.480 e. The van der Waals surface area contributed by atoms with Crippen LogP contribution >= 0.6 is 0 Å². The maximum absolute atomic E-state index is 11.8. The van der Waals surface area contributed by atoms with Crippen LogP contribution in [0, 0.1) is 5.92 Å². The molecule has 0 aliphatic rings. The highest BCUT2D eigenvalue weighted by molar-refractivity contribution is 5.73. The summed E-state index contributed by atoms with van der Waals surface area (Å²) in [7, 11) is 0. The van der Waals surface area contributed by atoms with E-state index >= 15 is 0 Å². The lowest BCUT2D eigenvalue weighted by atomic mass is 9.99. The van der Waals surface area contributed by atoms with E-state index in [0.29, 0.717) is 6.42 Å². The second-order valence-corrected chi connectivity index (χ2v) is 3.20. The maximum atomic E-state index is 11.8. The Bertz CT molecular complexity index is 194. The molecule has 0 aromatic rings. The van der Waals surface area contributed by atoms with Gasteiger partial charge in [-0.05, 0) is 5.92 Å². The molecule has 0 aromatic carbocycles. The van der Waals surface area contributed by atoms with E-state index < -0.39 is 24.7 Å². The number of nitrogens with one attached hydrogen (secondary N) is 1. The van der Waals surface area contributed by atoms with Crippen LogP contribution in [0.1, 0.15) is 20.3 Å². The smallest absolute Gasteiger partial charge is 0.401 e. The Morgan fingerprint density at radius 1 is 1.50 bits per heavy atom. The Kier molecular flexibility index (Phi) is 4.90. The zero-order chi connectivity index (χ0) is 11.4. The highest BCUT2D eigenvalue weighted by Crippen LogP contribution is 2.15. The fraction of sp³-hybridized carbons (Fsp3) is 0.875. The molecule has 0 aliphatic carbocycles. The summed E-state index contributed by atoms with van der Waals surface area (Å²) >= 11 is 0. The molecule has 0 fully saturated rings. The predicted molar refractivity (Wildman–Crippen MR) is 44.9 cm³/mol. The molecule has 0 aliphatic heterocycles. The lowest BCUT2D eigenvalue weighted by molar-refractivity contribution is -0.145. The van der Waals surface area contributed by atoms with Crippen LogP contribution in [0.4, 0.5) is 13.2 Å². The van der Waals surface area contributed by atoms with Gasteiger partial charge in [-0.15, -0.1) is 0 Å². The molecule has 0 heterocycles. The average Bonchev–Trinajstić information content (AvgIpc) is 2.01. The Hall–Kier alpha value is -0.780. The van der Waals surface area contributed by atoms with Gasteiger partial charge in [-0.25, -0.2) is 0 Å². The molecule has 14 heavy (non-hydrogen) atoms. The van der Waals surface area contributed by atoms with Crippen LogP contribution in [0.15, 0.2) is 0 Å². The lowest BCUT2D eigenvalue weighted by Crippen LogP contribution is -2.45. The minimum absolute atomic E-state index is 0.324. The molecule has 84 valence electrons. The Labute approximate surface area is 80.3 Å². The van der Waals surface area contributed by atoms with Gasteiger partial charge in [0.2, 0.25) is 0 Å². The van der Waals surface area contributed by atoms with E-state index in [1.54, 1.807) is 13.8 Å². The highest BCUT2D eigenvalue weighted by Gasteiger charge is 2.31. The number of hydrogen-bond acceptors (Lipinski definition) is 2. The predicted octanol–water partition coefficient (Wildman–Crippen LogP) is 1.64. The van der Waals surface area contributed by atoms with Crippen LogP contribution in [0.2, 0.25) is 0 Å². The molecule has 0 amide bonds. The normalized spacial score (nSPS) is 16.4. The summed E-state index contributed by atoms with van der Waals surface area (Å²) in [5, 5.41) is 10.6. The Morgan fingerprint density at radius 2 is 2.00 bits per heavy atom. The topological polar surface area (TPSA) is 49.3 Å². The monoisotopic (exact) mass is 213 g/mol. The van der Waals surface area contributed by atoms with Crippen molar-refractivity contribution < 1.29 is 23.1 Å². The van der Waals surface area contributed by atoms with Crippen molar-refractivity contribution in [3.8, 4) is 0 Å². The van der Waals surface area contributed by atoms with Gasteiger partial charge in [0.25, 0.3) is 0 Å². The first-order chi connectivity index (χ1) is 6.28. The standard InChI is InChI=1S/C8H14F3NO2/c1-3-5(2)6(7(13)14)12-4-8(9,10)11/h5-6,12H,3-4H2,1-2H3,(H,13,14). The number of alkyl halides is 3. The van der Waals surface area contributed by atoms with Crippen LogP contribution in [-0.2, 0) is 4.79 Å². The Balaban J connectivity index is 4.18. The summed E-state index contributed by atoms with van der Waals surface area (Å²) < 4.78 is 35.4. The summed E-state index contributed by atoms with van der Waals surface area (Å²) in [6, 6.07) is -1.14. The van der Waals surface area contributed by atoms with Gasteiger partial charge < -0.3 is 5.11 Å². The van der Waals surface area contributed by atoms with E-state index in [4.69, 9.17) is 5.11 Å². The molecule has 0 radical (unpaired) electrons. The SMILES string of the molecule is CCC(C)C(NCC(F)(F)F)C(=O)O. The van der Waals surface area contributed by atoms with Crippen molar-refractivity contribution in [2.75, 3.05) is 6.54 Å². The first-order valence-electron chi connectivity index (χ1n) is 4.31. The zero-order valence-corrected chi connectivity index (χ0v) is 8.06. The van der Waals surface area contributed by atoms with E-state index in [1.165, 1.54) is 0 Å². The van der Waals surface area contributed by atoms with Crippen molar-refractivity contribution in [1.29, 1.82) is 0 Å². The largest absolute Gasteiger partial charge is 0.480 e. The number of carboxylic acid groups (broad SMARTS) is 1. The molecule has 0 aromatic heterocycles. The van der Waals surface area contributed by atoms with Gasteiger partial charge in [0.05, 0.1) is 6.54 Å². The van der Waals surface area contributed by atoms with Gasteiger partial charge in [0.1, 0.15) is 6.04 Å². The van der Waals surface area contributed by atoms with Crippen LogP contribution in [0.5, 0.6) is 0 Å². The van der Waals surface area contributed by atoms with E-state index in [2.05, 4.69) is 0 Å². The fourth-order valence-electron chi connectivity index (χ4n) is 0.993. The second kappa shape index (κ2) is 5.19. The lowest BCUT2D eigenvalue weighted by Gasteiger charge is -2.20. The molecule has 3 nitrogen and oxygen atoms in total. The van der Waals surface area contributed by atoms with Crippen LogP contribution in [0.3, 0.4) is 0 Å². The number of aliphatic carboxylic acids is 1. The number of hydrogen-bond donors (Lipinski definition) is 2. The molecule has 0 saturated heterocycles. The molecule has 0 spiro atoms. The molecular weight excluding hydrogens is 199 g/mol. The van der Waals surface area contributed by atoms with Crippen molar-refractivity contribution in [2.45, 2.75) is 32.5 Å². The van der Waals surface area contributed by atoms with Crippen LogP contribution < -0.4 is 5.32 Å². The van der Waals surface area contributed by atoms with E-state index in [1.807, 2.05) is 5.32 Å². The van der Waals surface area contributed by atoms with Crippen LogP contribution in [-0.4, -0.2) is 29.8 Å². The van der Waals surface area contributed by atoms with Crippen molar-refractivity contribution in [3.63, 3.8) is 0 Å². The van der Waals surface area contributed by atoms with Gasteiger partial charge in [-0.2, -0.15) is 13.2 Å². The second-order valence-electron chi connectivity index (χ2n) is 3.20. The molecule has 0 rings (SSSR count). The molecule has 2 atom stereocenters. The number of rotatable bonds is 5. The molecule has 6 heteroatoms. The molecule has 2 N–H and O–H groups in total. The van der Waals surface area contributed by atoms with E-state index in [9.17, 15) is 18.0 Å². The first-order valence-corrected chi connectivity index (χ1v) is 4.31. The number of carbonyl (C=O) groups is 1. The average molecular weight is 213 g/mol. The van der Waals surface area contributed by atoms with Crippen molar-refractivity contribution in [2.24, 2.45) is 5.92 Å². The van der Waals surface area contributed by atoms with Gasteiger partial charge in [0.15, 0.2) is 0 Å². The van der Waals surface area contributed by atoms with E-state index in [-0.39, 0.29) is 5.92 Å². The third-order valence-electron chi connectivity index (χ3n) is 2.00. The molecule has 0 saturated carbocycles. The molecule has 2 unspecified atom stereocenters. The summed E-state index contributed by atoms with van der Waals surface area (Å²) in [6.07, 6.45) is -3.86. The number of carboxylic acids is 1. The van der Waals surface area contributed by atoms with Crippen LogP contribution in [0.25, 0.3) is 0 Å². The Morgan fingerprint density at radius 3 is 2.29 bits per heavy atom. The number of halogens is 3. The van der Waals surface area contributed by atoms with Gasteiger partial charge in [0, 0.05) is 0 Å². The zero-order valence-electron chi connectivity index (χ0n) is 8.06. The minimum atomic E-state index is -4.37. The van der Waals surface area contributed by atoms with Gasteiger partial charge >= 0.3 is 12.1 Å². The van der Waals surface area contributed by atoms with Crippen molar-refractivity contribution >= 4 is 5.97 Å². The van der Waals surface area contributed by atoms with Gasteiger partial charge in [-0.1, -0.05) is 20.3 Å². The highest BCUT2D eigenvalue weighted by atomic mass is 19.4. The summed E-state index contributed by atoms with van der Waals surface area (Å²) in [5.74, 6) is -1.57. The molecular formula is C8H14F3NO2. The maximum Gasteiger partial charge on any atom is 0.401 e. The van der Waals surface area contributed by atoms with Gasteiger partial charge in [-0.3, -0.25) is 10.1 Å². The van der Waals surface area contributed by atoms with Crippen molar-refractivity contribution in [1.82, 2.24) is 5.32 Å². The van der Waals surface area contributed by atoms with E-state index in [0.717, 1.165) is 0 Å². The first kappa shape index (κ1) is 13.2. The summed E-state index contributed by atoms with van der Waals surface area (Å²) in [5.41, 5.74) is 0. The fourth-order valence-corrected chi connectivity index (χ4v) is 0.993. The third kappa shape index (κ3) is 5.06. The van der Waals surface area contributed by atoms with Crippen molar-refractivity contribution in [3.05, 3.63) is 0 Å². The summed E-state index contributed by atoms with van der Waals surface area (Å²) in [6.45, 7) is 2.06. The third-order valence-corrected chi connectivity index (χ3v) is 2.00. The summed E-state index contributed by atoms with van der Waals surface area (Å²) in [4.78, 5) is 10.6. The quantitative estimate of drug-likeness (QED) is 0.729.